The van der Waals surface area contributed by atoms with Gasteiger partial charge in [0.2, 0.25) is 0 Å². The fourth-order valence-electron chi connectivity index (χ4n) is 1.80. The average Bonchev–Trinajstić information content (AvgIpc) is 2.38. The molecule has 4 nitrogen and oxygen atoms in total. The van der Waals surface area contributed by atoms with E-state index in [0.717, 1.165) is 18.7 Å². The Morgan fingerprint density at radius 2 is 2.00 bits per heavy atom. The van der Waals surface area contributed by atoms with Crippen LogP contribution in [0.4, 0.5) is 11.6 Å². The van der Waals surface area contributed by atoms with Gasteiger partial charge in [0.05, 0.1) is 12.4 Å². The molecule has 1 aromatic heterocycles. The second-order valence-corrected chi connectivity index (χ2v) is 4.40. The molecule has 0 spiro atoms. The lowest BCUT2D eigenvalue weighted by Crippen LogP contribution is -2.17. The van der Waals surface area contributed by atoms with Gasteiger partial charge in [-0.05, 0) is 25.3 Å². The van der Waals surface area contributed by atoms with Gasteiger partial charge in [0.1, 0.15) is 11.6 Å². The van der Waals surface area contributed by atoms with Crippen molar-refractivity contribution in [3.05, 3.63) is 48.3 Å². The summed E-state index contributed by atoms with van der Waals surface area (Å²) in [5.41, 5.74) is 6.94. The van der Waals surface area contributed by atoms with Crippen LogP contribution in [0.3, 0.4) is 0 Å². The van der Waals surface area contributed by atoms with Crippen molar-refractivity contribution in [3.8, 4) is 0 Å². The Bertz CT molecular complexity index is 484. The SMILES string of the molecule is CC(CCc1ccccc1)Nc1cncc(N)n1. The number of anilines is 2. The molecule has 0 fully saturated rings. The number of nitrogen functional groups attached to an aromatic ring is 1. The predicted octanol–water partition coefficient (Wildman–Crippen LogP) is 2.49. The summed E-state index contributed by atoms with van der Waals surface area (Å²) in [6.07, 6.45) is 5.32. The van der Waals surface area contributed by atoms with Crippen LogP contribution < -0.4 is 11.1 Å². The second-order valence-electron chi connectivity index (χ2n) is 4.40. The van der Waals surface area contributed by atoms with Crippen LogP contribution in [-0.2, 0) is 6.42 Å². The minimum atomic E-state index is 0.335. The highest BCUT2D eigenvalue weighted by Gasteiger charge is 2.04. The summed E-state index contributed by atoms with van der Waals surface area (Å²) in [7, 11) is 0. The lowest BCUT2D eigenvalue weighted by atomic mass is 10.1. The van der Waals surface area contributed by atoms with Crippen LogP contribution in [0.5, 0.6) is 0 Å². The van der Waals surface area contributed by atoms with Crippen molar-refractivity contribution < 1.29 is 0 Å². The Balaban J connectivity index is 1.84. The summed E-state index contributed by atoms with van der Waals surface area (Å²) in [6.45, 7) is 2.13. The highest BCUT2D eigenvalue weighted by Crippen LogP contribution is 2.09. The maximum absolute atomic E-state index is 5.59. The molecule has 0 amide bonds. The van der Waals surface area contributed by atoms with Gasteiger partial charge in [-0.1, -0.05) is 30.3 Å². The second kappa shape index (κ2) is 6.00. The Hall–Kier alpha value is -2.10. The highest BCUT2D eigenvalue weighted by molar-refractivity contribution is 5.38. The Kier molecular flexibility index (Phi) is 4.12. The van der Waals surface area contributed by atoms with E-state index in [0.29, 0.717) is 11.9 Å². The Morgan fingerprint density at radius 3 is 2.72 bits per heavy atom. The van der Waals surface area contributed by atoms with Crippen molar-refractivity contribution in [1.82, 2.24) is 9.97 Å². The molecule has 18 heavy (non-hydrogen) atoms. The van der Waals surface area contributed by atoms with Crippen LogP contribution in [0.1, 0.15) is 18.9 Å². The molecule has 2 aromatic rings. The highest BCUT2D eigenvalue weighted by atomic mass is 15.1. The molecule has 3 N–H and O–H groups in total. The molecule has 94 valence electrons. The third-order valence-corrected chi connectivity index (χ3v) is 2.76. The van der Waals surface area contributed by atoms with Gasteiger partial charge in [-0.2, -0.15) is 0 Å². The van der Waals surface area contributed by atoms with Crippen molar-refractivity contribution in [3.63, 3.8) is 0 Å². The third-order valence-electron chi connectivity index (χ3n) is 2.76. The number of nitrogens with two attached hydrogens (primary N) is 1. The number of hydrogen-bond donors (Lipinski definition) is 2. The van der Waals surface area contributed by atoms with Crippen LogP contribution in [0.15, 0.2) is 42.7 Å². The first-order valence-electron chi connectivity index (χ1n) is 6.12. The molecule has 0 aliphatic heterocycles. The van der Waals surface area contributed by atoms with Crippen molar-refractivity contribution in [2.45, 2.75) is 25.8 Å². The third kappa shape index (κ3) is 3.73. The van der Waals surface area contributed by atoms with E-state index in [1.165, 1.54) is 5.56 Å². The first-order chi connectivity index (χ1) is 8.74. The first-order valence-corrected chi connectivity index (χ1v) is 6.12. The minimum absolute atomic E-state index is 0.335. The van der Waals surface area contributed by atoms with Gasteiger partial charge >= 0.3 is 0 Å². The fraction of sp³-hybridized carbons (Fsp3) is 0.286. The maximum atomic E-state index is 5.59. The topological polar surface area (TPSA) is 63.8 Å². The van der Waals surface area contributed by atoms with Gasteiger partial charge in [0, 0.05) is 6.04 Å². The van der Waals surface area contributed by atoms with Crippen LogP contribution in [0.2, 0.25) is 0 Å². The predicted molar refractivity (Wildman–Crippen MR) is 74.3 cm³/mol. The molecule has 0 radical (unpaired) electrons. The molecule has 2 rings (SSSR count). The van der Waals surface area contributed by atoms with Gasteiger partial charge in [-0.15, -0.1) is 0 Å². The van der Waals surface area contributed by atoms with Gasteiger partial charge in [-0.3, -0.25) is 4.98 Å². The van der Waals surface area contributed by atoms with E-state index in [-0.39, 0.29) is 0 Å². The van der Waals surface area contributed by atoms with Gasteiger partial charge in [0.25, 0.3) is 0 Å². The summed E-state index contributed by atoms with van der Waals surface area (Å²) in [5.74, 6) is 1.17. The minimum Gasteiger partial charge on any atom is -0.382 e. The number of rotatable bonds is 5. The standard InChI is InChI=1S/C14H18N4/c1-11(7-8-12-5-3-2-4-6-12)17-14-10-16-9-13(15)18-14/h2-6,9-11H,7-8H2,1H3,(H3,15,17,18). The van der Waals surface area contributed by atoms with Crippen molar-refractivity contribution in [1.29, 1.82) is 0 Å². The summed E-state index contributed by atoms with van der Waals surface area (Å²) in [4.78, 5) is 8.18. The molecule has 1 heterocycles. The molecule has 1 aromatic carbocycles. The number of hydrogen-bond acceptors (Lipinski definition) is 4. The molecular weight excluding hydrogens is 224 g/mol. The summed E-state index contributed by atoms with van der Waals surface area (Å²) < 4.78 is 0. The number of nitrogens with zero attached hydrogens (tertiary/aromatic N) is 2. The van der Waals surface area contributed by atoms with E-state index in [1.54, 1.807) is 12.4 Å². The van der Waals surface area contributed by atoms with Crippen molar-refractivity contribution in [2.75, 3.05) is 11.1 Å². The van der Waals surface area contributed by atoms with Gasteiger partial charge < -0.3 is 11.1 Å². The molecule has 0 saturated heterocycles. The fourth-order valence-corrected chi connectivity index (χ4v) is 1.80. The Morgan fingerprint density at radius 1 is 1.22 bits per heavy atom. The van der Waals surface area contributed by atoms with E-state index in [2.05, 4.69) is 46.5 Å². The van der Waals surface area contributed by atoms with E-state index in [1.807, 2.05) is 6.07 Å². The maximum Gasteiger partial charge on any atom is 0.147 e. The first kappa shape index (κ1) is 12.4. The molecule has 0 saturated carbocycles. The summed E-state index contributed by atoms with van der Waals surface area (Å²) >= 11 is 0. The number of aromatic nitrogens is 2. The van der Waals surface area contributed by atoms with E-state index in [4.69, 9.17) is 5.73 Å². The van der Waals surface area contributed by atoms with Gasteiger partial charge in [-0.25, -0.2) is 4.98 Å². The average molecular weight is 242 g/mol. The molecule has 1 unspecified atom stereocenters. The van der Waals surface area contributed by atoms with Crippen LogP contribution in [0, 0.1) is 0 Å². The molecule has 0 aliphatic carbocycles. The normalized spacial score (nSPS) is 12.1. The number of aryl methyl sites for hydroxylation is 1. The zero-order valence-corrected chi connectivity index (χ0v) is 10.5. The lowest BCUT2D eigenvalue weighted by Gasteiger charge is -2.14. The van der Waals surface area contributed by atoms with E-state index >= 15 is 0 Å². The van der Waals surface area contributed by atoms with Crippen molar-refractivity contribution in [2.24, 2.45) is 0 Å². The molecule has 4 heteroatoms. The zero-order chi connectivity index (χ0) is 12.8. The summed E-state index contributed by atoms with van der Waals surface area (Å²) in [6, 6.07) is 10.8. The van der Waals surface area contributed by atoms with Crippen molar-refractivity contribution >= 4 is 11.6 Å². The molecule has 0 bridgehead atoms. The quantitative estimate of drug-likeness (QED) is 0.845. The largest absolute Gasteiger partial charge is 0.382 e. The van der Waals surface area contributed by atoms with Crippen LogP contribution in [0.25, 0.3) is 0 Å². The molecule has 1 atom stereocenters. The Labute approximate surface area is 107 Å². The summed E-state index contributed by atoms with van der Waals surface area (Å²) in [5, 5.41) is 3.30. The molecular formula is C14H18N4. The zero-order valence-electron chi connectivity index (χ0n) is 10.5. The lowest BCUT2D eigenvalue weighted by molar-refractivity contribution is 0.702. The van der Waals surface area contributed by atoms with E-state index < -0.39 is 0 Å². The van der Waals surface area contributed by atoms with Gasteiger partial charge in [0.15, 0.2) is 0 Å². The van der Waals surface area contributed by atoms with Crippen LogP contribution in [-0.4, -0.2) is 16.0 Å². The number of nitrogens with one attached hydrogen (secondary N) is 1. The smallest absolute Gasteiger partial charge is 0.147 e. The number of benzene rings is 1. The van der Waals surface area contributed by atoms with Crippen LogP contribution >= 0.6 is 0 Å². The monoisotopic (exact) mass is 242 g/mol. The molecule has 0 aliphatic rings. The van der Waals surface area contributed by atoms with E-state index in [9.17, 15) is 0 Å².